The molecule has 0 saturated heterocycles. The number of hydrogen-bond donors (Lipinski definition) is 0. The highest BCUT2D eigenvalue weighted by Gasteiger charge is 1.95. The van der Waals surface area contributed by atoms with E-state index in [-0.39, 0.29) is 0 Å². The van der Waals surface area contributed by atoms with Crippen LogP contribution in [0.5, 0.6) is 0 Å². The predicted molar refractivity (Wildman–Crippen MR) is 30.5 cm³/mol. The second-order valence-corrected chi connectivity index (χ2v) is 4.62. The fourth-order valence-electron chi connectivity index (χ4n) is 0.126. The zero-order valence-electron chi connectivity index (χ0n) is 3.45. The molecule has 0 bridgehead atoms. The third-order valence-electron chi connectivity index (χ3n) is 0.293. The lowest BCUT2D eigenvalue weighted by Gasteiger charge is -1.93. The van der Waals surface area contributed by atoms with Crippen molar-refractivity contribution < 1.29 is 4.43 Å². The average Bonchev–Trinajstić information content (AvgIpc) is 1.35. The first-order valence-electron chi connectivity index (χ1n) is 1.67. The van der Waals surface area contributed by atoms with Crippen molar-refractivity contribution in [2.45, 2.75) is 6.92 Å². The fourth-order valence-corrected chi connectivity index (χ4v) is 1.13. The Hall–Kier alpha value is 0.757. The Balaban J connectivity index is 2.63. The molecule has 0 atom stereocenters. The zero-order valence-corrected chi connectivity index (χ0v) is 6.12. The maximum atomic E-state index is 5.26. The molecule has 0 unspecified atom stereocenters. The van der Waals surface area contributed by atoms with E-state index in [0.29, 0.717) is 6.61 Å². The van der Waals surface area contributed by atoms with Gasteiger partial charge in [-0.2, -0.15) is 0 Å². The van der Waals surface area contributed by atoms with Crippen LogP contribution in [0, 0.1) is 0 Å². The monoisotopic (exact) mass is 144 g/mol. The molecular formula is C2H6Cl2OSi. The molecular weight excluding hydrogens is 139 g/mol. The first kappa shape index (κ1) is 6.76. The van der Waals surface area contributed by atoms with Crippen LogP contribution in [0.15, 0.2) is 0 Å². The summed E-state index contributed by atoms with van der Waals surface area (Å²) < 4.78 is 4.71. The van der Waals surface area contributed by atoms with Gasteiger partial charge in [-0.15, -0.1) is 22.2 Å². The van der Waals surface area contributed by atoms with Crippen molar-refractivity contribution in [3.63, 3.8) is 0 Å². The first-order valence-corrected chi connectivity index (χ1v) is 5.63. The van der Waals surface area contributed by atoms with Crippen LogP contribution in [0.2, 0.25) is 0 Å². The molecule has 0 aliphatic carbocycles. The molecule has 0 aromatic carbocycles. The van der Waals surface area contributed by atoms with Crippen molar-refractivity contribution in [1.29, 1.82) is 0 Å². The normalized spacial score (nSPS) is 10.0. The van der Waals surface area contributed by atoms with E-state index in [1.807, 2.05) is 6.92 Å². The lowest BCUT2D eigenvalue weighted by molar-refractivity contribution is 0.366. The Morgan fingerprint density at radius 2 is 2.17 bits per heavy atom. The number of halogens is 2. The van der Waals surface area contributed by atoms with Gasteiger partial charge in [-0.1, -0.05) is 0 Å². The Morgan fingerprint density at radius 1 is 1.67 bits per heavy atom. The Bertz CT molecular complexity index is 32.7. The molecule has 0 heterocycles. The van der Waals surface area contributed by atoms with Gasteiger partial charge < -0.3 is 4.43 Å². The van der Waals surface area contributed by atoms with E-state index in [4.69, 9.17) is 26.6 Å². The quantitative estimate of drug-likeness (QED) is 0.419. The molecule has 6 heavy (non-hydrogen) atoms. The lowest BCUT2D eigenvalue weighted by atomic mass is 10.9. The maximum absolute atomic E-state index is 5.26. The standard InChI is InChI=1S/C2H6Cl2OSi/c1-2-5-6(3)4/h6H,2H2,1H3. The summed E-state index contributed by atoms with van der Waals surface area (Å²) in [5.41, 5.74) is 0. The summed E-state index contributed by atoms with van der Waals surface area (Å²) >= 11 is 10.5. The predicted octanol–water partition coefficient (Wildman–Crippen LogP) is 1.22. The highest BCUT2D eigenvalue weighted by Crippen LogP contribution is 1.94. The van der Waals surface area contributed by atoms with Crippen molar-refractivity contribution in [1.82, 2.24) is 0 Å². The minimum atomic E-state index is -1.73. The molecule has 0 fully saturated rings. The molecule has 38 valence electrons. The van der Waals surface area contributed by atoms with Crippen molar-refractivity contribution in [3.8, 4) is 0 Å². The van der Waals surface area contributed by atoms with Crippen LogP contribution in [0.25, 0.3) is 0 Å². The third-order valence-corrected chi connectivity index (χ3v) is 1.63. The minimum absolute atomic E-state index is 0.629. The van der Waals surface area contributed by atoms with Gasteiger partial charge in [0.05, 0.1) is 0 Å². The Morgan fingerprint density at radius 3 is 2.17 bits per heavy atom. The third kappa shape index (κ3) is 4.76. The van der Waals surface area contributed by atoms with Crippen molar-refractivity contribution in [3.05, 3.63) is 0 Å². The highest BCUT2D eigenvalue weighted by molar-refractivity contribution is 7.30. The van der Waals surface area contributed by atoms with E-state index in [1.165, 1.54) is 0 Å². The van der Waals surface area contributed by atoms with Crippen LogP contribution in [-0.2, 0) is 4.43 Å². The Labute approximate surface area is 48.3 Å². The molecule has 0 saturated carbocycles. The molecule has 1 nitrogen and oxygen atoms in total. The first-order chi connectivity index (χ1) is 2.77. The summed E-state index contributed by atoms with van der Waals surface area (Å²) in [6.07, 6.45) is 0. The molecule has 0 amide bonds. The number of hydrogen-bond acceptors (Lipinski definition) is 1. The van der Waals surface area contributed by atoms with Gasteiger partial charge in [0.2, 0.25) is 0 Å². The van der Waals surface area contributed by atoms with Gasteiger partial charge in [0.1, 0.15) is 0 Å². The molecule has 0 aliphatic heterocycles. The van der Waals surface area contributed by atoms with Gasteiger partial charge in [0, 0.05) is 6.61 Å². The molecule has 0 rings (SSSR count). The summed E-state index contributed by atoms with van der Waals surface area (Å²) in [6.45, 7) is 2.49. The van der Waals surface area contributed by atoms with Gasteiger partial charge in [0.25, 0.3) is 0 Å². The molecule has 0 radical (unpaired) electrons. The SMILES string of the molecule is CCO[SiH](Cl)Cl. The molecule has 0 aromatic rings. The lowest BCUT2D eigenvalue weighted by Crippen LogP contribution is -1.99. The van der Waals surface area contributed by atoms with Gasteiger partial charge in [-0.3, -0.25) is 0 Å². The van der Waals surface area contributed by atoms with E-state index >= 15 is 0 Å². The van der Waals surface area contributed by atoms with Crippen molar-refractivity contribution in [2.24, 2.45) is 0 Å². The van der Waals surface area contributed by atoms with Crippen LogP contribution < -0.4 is 0 Å². The van der Waals surface area contributed by atoms with Gasteiger partial charge >= 0.3 is 7.66 Å². The minimum Gasteiger partial charge on any atom is -0.395 e. The van der Waals surface area contributed by atoms with E-state index in [1.54, 1.807) is 0 Å². The van der Waals surface area contributed by atoms with Crippen LogP contribution in [0.1, 0.15) is 6.92 Å². The van der Waals surface area contributed by atoms with Crippen molar-refractivity contribution >= 4 is 29.8 Å². The summed E-state index contributed by atoms with van der Waals surface area (Å²) in [5, 5.41) is 0. The second kappa shape index (κ2) is 3.93. The topological polar surface area (TPSA) is 9.23 Å². The van der Waals surface area contributed by atoms with Gasteiger partial charge in [-0.25, -0.2) is 0 Å². The van der Waals surface area contributed by atoms with E-state index in [2.05, 4.69) is 0 Å². The van der Waals surface area contributed by atoms with Crippen LogP contribution in [0.3, 0.4) is 0 Å². The van der Waals surface area contributed by atoms with Crippen LogP contribution >= 0.6 is 22.2 Å². The molecule has 0 aliphatic rings. The summed E-state index contributed by atoms with van der Waals surface area (Å²) in [6, 6.07) is 0. The Kier molecular flexibility index (Phi) is 4.43. The number of rotatable bonds is 2. The maximum Gasteiger partial charge on any atom is 0.373 e. The van der Waals surface area contributed by atoms with Crippen molar-refractivity contribution in [2.75, 3.05) is 6.61 Å². The van der Waals surface area contributed by atoms with E-state index in [0.717, 1.165) is 0 Å². The van der Waals surface area contributed by atoms with Crippen LogP contribution in [0.4, 0.5) is 0 Å². The fraction of sp³-hybridized carbons (Fsp3) is 1.00. The summed E-state index contributed by atoms with van der Waals surface area (Å²) in [4.78, 5) is 0. The largest absolute Gasteiger partial charge is 0.395 e. The second-order valence-electron chi connectivity index (χ2n) is 0.716. The van der Waals surface area contributed by atoms with E-state index in [9.17, 15) is 0 Å². The smallest absolute Gasteiger partial charge is 0.373 e. The van der Waals surface area contributed by atoms with Gasteiger partial charge in [0.15, 0.2) is 0 Å². The average molecular weight is 145 g/mol. The van der Waals surface area contributed by atoms with Crippen LogP contribution in [-0.4, -0.2) is 14.3 Å². The van der Waals surface area contributed by atoms with Gasteiger partial charge in [-0.05, 0) is 6.92 Å². The summed E-state index contributed by atoms with van der Waals surface area (Å²) in [7, 11) is -1.73. The molecule has 0 spiro atoms. The summed E-state index contributed by atoms with van der Waals surface area (Å²) in [5.74, 6) is 0. The molecule has 0 aromatic heterocycles. The molecule has 4 heteroatoms. The highest BCUT2D eigenvalue weighted by atomic mass is 35.7. The molecule has 0 N–H and O–H groups in total. The van der Waals surface area contributed by atoms with E-state index < -0.39 is 7.66 Å². The zero-order chi connectivity index (χ0) is 4.99.